The largest absolute Gasteiger partial charge is 0.504 e. The van der Waals surface area contributed by atoms with Crippen LogP contribution in [0.5, 0.6) is 23.0 Å². The SMILES string of the molecule is O=C(C=Cc1ccc(O)c(O)c1)O[C@H]1[C@H](O[C@@H]2O[C@@H](CO)[C@H](O)[C@@H](O)[C@@H]2O)[C@@H](O)[C@@H](OCCc2ccc(O)c(O)c2)O[C@@H]1CO. The fourth-order valence-electron chi connectivity index (χ4n) is 4.81. The third-order valence-electron chi connectivity index (χ3n) is 7.31. The van der Waals surface area contributed by atoms with Crippen LogP contribution in [0, 0.1) is 0 Å². The van der Waals surface area contributed by atoms with E-state index in [4.69, 9.17) is 23.7 Å². The molecule has 4 rings (SSSR count). The standard InChI is InChI=1S/C29H36O16/c30-11-19-22(37)23(38)24(39)29(42-19)45-27-25(40)28(41-8-7-14-2-5-16(33)18(35)10-14)43-20(12-31)26(27)44-21(36)6-3-13-1-4-15(32)17(34)9-13/h1-6,9-10,19-20,22-35,37-40H,7-8,11-12H2/t19-,20+,22-,23+,24-,25+,26+,27+,28-,29-/m0/s1. The van der Waals surface area contributed by atoms with Crippen molar-refractivity contribution in [3.8, 4) is 23.0 Å². The van der Waals surface area contributed by atoms with E-state index in [0.29, 0.717) is 11.1 Å². The number of hydrogen-bond acceptors (Lipinski definition) is 16. The minimum absolute atomic E-state index is 0.108. The second-order valence-corrected chi connectivity index (χ2v) is 10.4. The minimum Gasteiger partial charge on any atom is -0.504 e. The zero-order valence-electron chi connectivity index (χ0n) is 23.6. The van der Waals surface area contributed by atoms with Crippen molar-refractivity contribution in [1.82, 2.24) is 0 Å². The molecule has 2 aliphatic rings. The fourth-order valence-corrected chi connectivity index (χ4v) is 4.81. The van der Waals surface area contributed by atoms with Crippen LogP contribution in [-0.2, 0) is 34.9 Å². The van der Waals surface area contributed by atoms with Gasteiger partial charge in [0.1, 0.15) is 42.7 Å². The number of carbonyl (C=O) groups excluding carboxylic acids is 1. The highest BCUT2D eigenvalue weighted by Crippen LogP contribution is 2.32. The van der Waals surface area contributed by atoms with Gasteiger partial charge in [0.15, 0.2) is 41.7 Å². The lowest BCUT2D eigenvalue weighted by molar-refractivity contribution is -0.360. The first-order chi connectivity index (χ1) is 21.4. The summed E-state index contributed by atoms with van der Waals surface area (Å²) in [6, 6.07) is 7.88. The van der Waals surface area contributed by atoms with Crippen molar-refractivity contribution in [3.63, 3.8) is 0 Å². The Morgan fingerprint density at radius 2 is 1.38 bits per heavy atom. The van der Waals surface area contributed by atoms with E-state index >= 15 is 0 Å². The second kappa shape index (κ2) is 15.2. The minimum atomic E-state index is -1.88. The van der Waals surface area contributed by atoms with Gasteiger partial charge in [-0.05, 0) is 47.9 Å². The summed E-state index contributed by atoms with van der Waals surface area (Å²) in [6.07, 6.45) is -14.0. The Labute approximate surface area is 256 Å². The van der Waals surface area contributed by atoms with Crippen molar-refractivity contribution in [2.75, 3.05) is 19.8 Å². The predicted octanol–water partition coefficient (Wildman–Crippen LogP) is -2.04. The number of phenols is 4. The molecule has 0 aliphatic carbocycles. The van der Waals surface area contributed by atoms with Crippen LogP contribution in [0.25, 0.3) is 6.08 Å². The topological polar surface area (TPSA) is 266 Å². The summed E-state index contributed by atoms with van der Waals surface area (Å²) >= 11 is 0. The zero-order valence-corrected chi connectivity index (χ0v) is 23.6. The molecule has 0 bridgehead atoms. The molecule has 2 aromatic rings. The summed E-state index contributed by atoms with van der Waals surface area (Å²) in [4.78, 5) is 12.8. The molecule has 0 unspecified atom stereocenters. The lowest BCUT2D eigenvalue weighted by atomic mass is 9.96. The Balaban J connectivity index is 1.53. The number of rotatable bonds is 11. The normalized spacial score (nSPS) is 32.0. The van der Waals surface area contributed by atoms with Gasteiger partial charge in [-0.1, -0.05) is 12.1 Å². The number of phenolic OH excluding ortho intramolecular Hbond substituents is 4. The highest BCUT2D eigenvalue weighted by Gasteiger charge is 2.52. The van der Waals surface area contributed by atoms with E-state index < -0.39 is 86.3 Å². The van der Waals surface area contributed by atoms with Gasteiger partial charge in [0.2, 0.25) is 0 Å². The molecule has 0 amide bonds. The monoisotopic (exact) mass is 640 g/mol. The van der Waals surface area contributed by atoms with E-state index in [-0.39, 0.29) is 30.3 Å². The molecule has 2 aliphatic heterocycles. The number of carbonyl (C=O) groups is 1. The molecule has 0 spiro atoms. The van der Waals surface area contributed by atoms with Crippen LogP contribution in [0.1, 0.15) is 11.1 Å². The molecule has 248 valence electrons. The van der Waals surface area contributed by atoms with Crippen molar-refractivity contribution in [2.24, 2.45) is 0 Å². The molecule has 10 N–H and O–H groups in total. The van der Waals surface area contributed by atoms with Gasteiger partial charge < -0.3 is 74.7 Å². The van der Waals surface area contributed by atoms with Gasteiger partial charge >= 0.3 is 5.97 Å². The maximum Gasteiger partial charge on any atom is 0.331 e. The molecule has 2 aromatic carbocycles. The van der Waals surface area contributed by atoms with Gasteiger partial charge in [-0.25, -0.2) is 4.79 Å². The molecule has 2 heterocycles. The van der Waals surface area contributed by atoms with Gasteiger partial charge in [-0.2, -0.15) is 0 Å². The fraction of sp³-hybridized carbons (Fsp3) is 0.483. The Hall–Kier alpha value is -3.55. The lowest BCUT2D eigenvalue weighted by Gasteiger charge is -2.46. The van der Waals surface area contributed by atoms with Crippen molar-refractivity contribution < 1.29 is 79.5 Å². The average Bonchev–Trinajstić information content (AvgIpc) is 3.02. The van der Waals surface area contributed by atoms with Crippen molar-refractivity contribution in [3.05, 3.63) is 53.6 Å². The summed E-state index contributed by atoms with van der Waals surface area (Å²) in [5.74, 6) is -2.50. The van der Waals surface area contributed by atoms with Crippen LogP contribution in [0.2, 0.25) is 0 Å². The Bertz CT molecular complexity index is 1320. The Kier molecular flexibility index (Phi) is 11.6. The van der Waals surface area contributed by atoms with Crippen LogP contribution in [0.3, 0.4) is 0 Å². The summed E-state index contributed by atoms with van der Waals surface area (Å²) in [7, 11) is 0. The molecule has 2 fully saturated rings. The summed E-state index contributed by atoms with van der Waals surface area (Å²) in [5.41, 5.74) is 0.870. The van der Waals surface area contributed by atoms with E-state index in [9.17, 15) is 55.9 Å². The van der Waals surface area contributed by atoms with Gasteiger partial charge in [0.25, 0.3) is 0 Å². The molecule has 45 heavy (non-hydrogen) atoms. The Morgan fingerprint density at radius 3 is 2.02 bits per heavy atom. The zero-order chi connectivity index (χ0) is 32.8. The first-order valence-corrected chi connectivity index (χ1v) is 13.9. The molecule has 16 nitrogen and oxygen atoms in total. The van der Waals surface area contributed by atoms with Crippen LogP contribution < -0.4 is 0 Å². The summed E-state index contributed by atoms with van der Waals surface area (Å²) in [6.45, 7) is -1.65. The third kappa shape index (κ3) is 8.19. The quantitative estimate of drug-likeness (QED) is 0.0720. The van der Waals surface area contributed by atoms with E-state index in [1.807, 2.05) is 0 Å². The van der Waals surface area contributed by atoms with E-state index in [2.05, 4.69) is 0 Å². The molecule has 10 atom stereocenters. The maximum atomic E-state index is 12.8. The molecular weight excluding hydrogens is 604 g/mol. The molecular formula is C29H36O16. The predicted molar refractivity (Wildman–Crippen MR) is 149 cm³/mol. The number of aliphatic hydroxyl groups is 6. The highest BCUT2D eigenvalue weighted by molar-refractivity contribution is 5.87. The van der Waals surface area contributed by atoms with Crippen molar-refractivity contribution >= 4 is 12.0 Å². The number of esters is 1. The number of benzene rings is 2. The van der Waals surface area contributed by atoms with Crippen LogP contribution in [0.15, 0.2) is 42.5 Å². The van der Waals surface area contributed by atoms with Crippen molar-refractivity contribution in [2.45, 2.75) is 67.8 Å². The molecule has 0 aromatic heterocycles. The van der Waals surface area contributed by atoms with Gasteiger partial charge in [-0.15, -0.1) is 0 Å². The van der Waals surface area contributed by atoms with Crippen molar-refractivity contribution in [1.29, 1.82) is 0 Å². The number of ether oxygens (including phenoxy) is 5. The second-order valence-electron chi connectivity index (χ2n) is 10.4. The van der Waals surface area contributed by atoms with Gasteiger partial charge in [0.05, 0.1) is 19.8 Å². The first-order valence-electron chi connectivity index (χ1n) is 13.9. The smallest absolute Gasteiger partial charge is 0.331 e. The number of aromatic hydroxyl groups is 4. The molecule has 0 radical (unpaired) electrons. The number of aliphatic hydroxyl groups excluding tert-OH is 6. The van der Waals surface area contributed by atoms with E-state index in [0.717, 1.165) is 6.08 Å². The highest BCUT2D eigenvalue weighted by atomic mass is 16.7. The first kappa shape index (κ1) is 34.3. The Morgan fingerprint density at radius 1 is 0.733 bits per heavy atom. The van der Waals surface area contributed by atoms with E-state index in [1.54, 1.807) is 0 Å². The van der Waals surface area contributed by atoms with Crippen LogP contribution >= 0.6 is 0 Å². The average molecular weight is 641 g/mol. The van der Waals surface area contributed by atoms with Gasteiger partial charge in [-0.3, -0.25) is 0 Å². The number of hydrogen-bond donors (Lipinski definition) is 10. The molecule has 0 saturated carbocycles. The third-order valence-corrected chi connectivity index (χ3v) is 7.31. The summed E-state index contributed by atoms with van der Waals surface area (Å²) < 4.78 is 28.0. The van der Waals surface area contributed by atoms with Crippen LogP contribution in [0.4, 0.5) is 0 Å². The molecule has 2 saturated heterocycles. The maximum absolute atomic E-state index is 12.8. The summed E-state index contributed by atoms with van der Waals surface area (Å²) in [5, 5.41) is 100. The van der Waals surface area contributed by atoms with E-state index in [1.165, 1.54) is 42.5 Å². The van der Waals surface area contributed by atoms with Crippen LogP contribution in [-0.4, -0.2) is 138 Å². The lowest BCUT2D eigenvalue weighted by Crippen LogP contribution is -2.65. The molecule has 16 heteroatoms. The van der Waals surface area contributed by atoms with Gasteiger partial charge in [0, 0.05) is 6.08 Å².